The van der Waals surface area contributed by atoms with Crippen LogP contribution in [0.1, 0.15) is 51.5 Å². The summed E-state index contributed by atoms with van der Waals surface area (Å²) in [5, 5.41) is 16.5. The molecule has 1 aromatic rings. The van der Waals surface area contributed by atoms with Crippen LogP contribution >= 0.6 is 11.8 Å². The summed E-state index contributed by atoms with van der Waals surface area (Å²) in [6, 6.07) is 0.516. The van der Waals surface area contributed by atoms with Gasteiger partial charge in [-0.25, -0.2) is 4.68 Å². The van der Waals surface area contributed by atoms with Crippen LogP contribution in [-0.2, 0) is 4.74 Å². The topological polar surface area (TPSA) is 64.9 Å². The van der Waals surface area contributed by atoms with Crippen molar-refractivity contribution < 1.29 is 4.74 Å². The van der Waals surface area contributed by atoms with Crippen LogP contribution in [0.5, 0.6) is 0 Å². The molecule has 0 amide bonds. The van der Waals surface area contributed by atoms with Crippen molar-refractivity contribution in [2.24, 2.45) is 0 Å². The van der Waals surface area contributed by atoms with Crippen LogP contribution in [0.15, 0.2) is 5.16 Å². The summed E-state index contributed by atoms with van der Waals surface area (Å²) in [7, 11) is 0. The zero-order valence-electron chi connectivity index (χ0n) is 13.0. The van der Waals surface area contributed by atoms with E-state index in [-0.39, 0.29) is 0 Å². The molecule has 0 aliphatic heterocycles. The van der Waals surface area contributed by atoms with Gasteiger partial charge in [-0.2, -0.15) is 0 Å². The van der Waals surface area contributed by atoms with E-state index in [2.05, 4.69) is 27.8 Å². The van der Waals surface area contributed by atoms with Gasteiger partial charge in [0.05, 0.1) is 12.6 Å². The molecule has 1 aliphatic carbocycles. The van der Waals surface area contributed by atoms with Crippen LogP contribution < -0.4 is 5.32 Å². The molecular weight excluding hydrogens is 286 g/mol. The van der Waals surface area contributed by atoms with E-state index >= 15 is 0 Å². The highest BCUT2D eigenvalue weighted by Crippen LogP contribution is 2.31. The van der Waals surface area contributed by atoms with Gasteiger partial charge in [-0.1, -0.05) is 37.9 Å². The number of nitrogens with zero attached hydrogens (tertiary/aromatic N) is 4. The first-order chi connectivity index (χ1) is 10.4. The Morgan fingerprint density at radius 1 is 1.29 bits per heavy atom. The number of tetrazole rings is 1. The Hall–Kier alpha value is -0.660. The number of unbranched alkanes of at least 4 members (excludes halogenated alkanes) is 1. The molecule has 0 aromatic carbocycles. The van der Waals surface area contributed by atoms with Crippen molar-refractivity contribution in [1.29, 1.82) is 0 Å². The van der Waals surface area contributed by atoms with Crippen LogP contribution in [0, 0.1) is 0 Å². The van der Waals surface area contributed by atoms with Crippen LogP contribution in [0.4, 0.5) is 0 Å². The molecule has 1 N–H and O–H groups in total. The molecule has 7 heteroatoms. The highest BCUT2D eigenvalue weighted by atomic mass is 32.2. The molecule has 6 nitrogen and oxygen atoms in total. The second-order valence-electron chi connectivity index (χ2n) is 5.41. The standard InChI is InChI=1S/C14H27N5OS/c1-2-3-10-20-11-8-15-9-12-21-14-16-17-18-19(14)13-6-4-5-7-13/h13,15H,2-12H2,1H3. The molecule has 1 aliphatic rings. The maximum Gasteiger partial charge on any atom is 0.209 e. The normalized spacial score (nSPS) is 15.9. The number of hydrogen-bond donors (Lipinski definition) is 1. The van der Waals surface area contributed by atoms with Crippen molar-refractivity contribution in [2.75, 3.05) is 32.1 Å². The molecule has 0 atom stereocenters. The second kappa shape index (κ2) is 10.1. The first-order valence-corrected chi connectivity index (χ1v) is 9.09. The van der Waals surface area contributed by atoms with Crippen molar-refractivity contribution in [1.82, 2.24) is 25.5 Å². The van der Waals surface area contributed by atoms with E-state index in [1.807, 2.05) is 4.68 Å². The van der Waals surface area contributed by atoms with Gasteiger partial charge in [-0.3, -0.25) is 0 Å². The van der Waals surface area contributed by atoms with E-state index in [1.165, 1.54) is 32.1 Å². The number of aromatic nitrogens is 4. The predicted molar refractivity (Wildman–Crippen MR) is 84.6 cm³/mol. The van der Waals surface area contributed by atoms with E-state index < -0.39 is 0 Å². The SMILES string of the molecule is CCCCOCCNCCSc1nnnn1C1CCCC1. The van der Waals surface area contributed by atoms with Gasteiger partial charge >= 0.3 is 0 Å². The molecule has 0 spiro atoms. The molecule has 0 bridgehead atoms. The highest BCUT2D eigenvalue weighted by Gasteiger charge is 2.21. The minimum absolute atomic E-state index is 0.516. The summed E-state index contributed by atoms with van der Waals surface area (Å²) in [6.45, 7) is 5.72. The zero-order valence-corrected chi connectivity index (χ0v) is 13.8. The fourth-order valence-electron chi connectivity index (χ4n) is 2.49. The Kier molecular flexibility index (Phi) is 8.06. The van der Waals surface area contributed by atoms with Crippen LogP contribution in [0.2, 0.25) is 0 Å². The lowest BCUT2D eigenvalue weighted by atomic mass is 10.3. The Bertz CT molecular complexity index is 381. The average Bonchev–Trinajstić information content (AvgIpc) is 3.16. The van der Waals surface area contributed by atoms with Gasteiger partial charge in [0.15, 0.2) is 0 Å². The molecule has 0 unspecified atom stereocenters. The first-order valence-electron chi connectivity index (χ1n) is 8.11. The van der Waals surface area contributed by atoms with E-state index in [9.17, 15) is 0 Å². The molecule has 0 saturated heterocycles. The van der Waals surface area contributed by atoms with Crippen LogP contribution in [0.25, 0.3) is 0 Å². The number of ether oxygens (including phenoxy) is 1. The summed E-state index contributed by atoms with van der Waals surface area (Å²) in [5.74, 6) is 0.988. The van der Waals surface area contributed by atoms with Gasteiger partial charge in [0.2, 0.25) is 5.16 Å². The van der Waals surface area contributed by atoms with E-state index in [4.69, 9.17) is 4.74 Å². The van der Waals surface area contributed by atoms with Crippen molar-refractivity contribution in [3.63, 3.8) is 0 Å². The molecular formula is C14H27N5OS. The molecule has 2 rings (SSSR count). The average molecular weight is 313 g/mol. The van der Waals surface area contributed by atoms with Gasteiger partial charge < -0.3 is 10.1 Å². The molecule has 1 heterocycles. The second-order valence-corrected chi connectivity index (χ2v) is 6.47. The van der Waals surface area contributed by atoms with Crippen molar-refractivity contribution in [2.45, 2.75) is 56.6 Å². The zero-order chi connectivity index (χ0) is 14.8. The van der Waals surface area contributed by atoms with Gasteiger partial charge in [-0.15, -0.1) is 5.10 Å². The Morgan fingerprint density at radius 3 is 2.95 bits per heavy atom. The minimum atomic E-state index is 0.516. The molecule has 0 radical (unpaired) electrons. The molecule has 120 valence electrons. The van der Waals surface area contributed by atoms with E-state index in [0.29, 0.717) is 6.04 Å². The van der Waals surface area contributed by atoms with Gasteiger partial charge in [0.25, 0.3) is 0 Å². The smallest absolute Gasteiger partial charge is 0.209 e. The van der Waals surface area contributed by atoms with Crippen molar-refractivity contribution in [3.05, 3.63) is 0 Å². The van der Waals surface area contributed by atoms with Crippen LogP contribution in [-0.4, -0.2) is 52.3 Å². The minimum Gasteiger partial charge on any atom is -0.380 e. The van der Waals surface area contributed by atoms with Gasteiger partial charge in [0.1, 0.15) is 0 Å². The van der Waals surface area contributed by atoms with E-state index in [0.717, 1.165) is 43.6 Å². The number of hydrogen-bond acceptors (Lipinski definition) is 6. The summed E-state index contributed by atoms with van der Waals surface area (Å²) in [6.07, 6.45) is 7.37. The first kappa shape index (κ1) is 16.7. The predicted octanol–water partition coefficient (Wildman–Crippen LogP) is 2.29. The third-order valence-corrected chi connectivity index (χ3v) is 4.64. The third-order valence-electron chi connectivity index (χ3n) is 3.71. The lowest BCUT2D eigenvalue weighted by molar-refractivity contribution is 0.133. The fourth-order valence-corrected chi connectivity index (χ4v) is 3.33. The Morgan fingerprint density at radius 2 is 2.14 bits per heavy atom. The summed E-state index contributed by atoms with van der Waals surface area (Å²) in [5.41, 5.74) is 0. The Labute approximate surface area is 131 Å². The summed E-state index contributed by atoms with van der Waals surface area (Å²) in [4.78, 5) is 0. The maximum absolute atomic E-state index is 5.51. The van der Waals surface area contributed by atoms with Gasteiger partial charge in [0, 0.05) is 25.4 Å². The molecule has 1 fully saturated rings. The molecule has 21 heavy (non-hydrogen) atoms. The monoisotopic (exact) mass is 313 g/mol. The molecule has 1 aromatic heterocycles. The number of rotatable bonds is 11. The maximum atomic E-state index is 5.51. The lowest BCUT2D eigenvalue weighted by Crippen LogP contribution is -2.22. The third kappa shape index (κ3) is 5.92. The Balaban J connectivity index is 1.54. The quantitative estimate of drug-likeness (QED) is 0.499. The van der Waals surface area contributed by atoms with E-state index in [1.54, 1.807) is 11.8 Å². The number of thioether (sulfide) groups is 1. The number of nitrogens with one attached hydrogen (secondary N) is 1. The largest absolute Gasteiger partial charge is 0.380 e. The summed E-state index contributed by atoms with van der Waals surface area (Å²) < 4.78 is 7.53. The summed E-state index contributed by atoms with van der Waals surface area (Å²) >= 11 is 1.74. The van der Waals surface area contributed by atoms with Crippen molar-refractivity contribution in [3.8, 4) is 0 Å². The lowest BCUT2D eigenvalue weighted by Gasteiger charge is -2.10. The van der Waals surface area contributed by atoms with Crippen molar-refractivity contribution >= 4 is 11.8 Å². The fraction of sp³-hybridized carbons (Fsp3) is 0.929. The highest BCUT2D eigenvalue weighted by molar-refractivity contribution is 7.99. The molecule has 1 saturated carbocycles. The van der Waals surface area contributed by atoms with Gasteiger partial charge in [-0.05, 0) is 29.7 Å². The van der Waals surface area contributed by atoms with Crippen LogP contribution in [0.3, 0.4) is 0 Å².